The van der Waals surface area contributed by atoms with E-state index in [9.17, 15) is 0 Å². The number of rotatable bonds is 3. The monoisotopic (exact) mass is 176 g/mol. The van der Waals surface area contributed by atoms with Gasteiger partial charge < -0.3 is 4.74 Å². The second-order valence-corrected chi connectivity index (χ2v) is 3.60. The van der Waals surface area contributed by atoms with Crippen LogP contribution in [0.3, 0.4) is 0 Å². The van der Waals surface area contributed by atoms with Crippen LogP contribution in [0.1, 0.15) is 30.9 Å². The lowest BCUT2D eigenvalue weighted by Crippen LogP contribution is -1.98. The Morgan fingerprint density at radius 2 is 2.23 bits per heavy atom. The third-order valence-corrected chi connectivity index (χ3v) is 2.56. The van der Waals surface area contributed by atoms with Crippen LogP contribution in [-0.4, -0.2) is 6.61 Å². The number of aryl methyl sites for hydroxylation is 1. The first kappa shape index (κ1) is 8.61. The van der Waals surface area contributed by atoms with E-state index in [-0.39, 0.29) is 0 Å². The first-order valence-corrected chi connectivity index (χ1v) is 5.15. The summed E-state index contributed by atoms with van der Waals surface area (Å²) in [5, 5.41) is 0. The lowest BCUT2D eigenvalue weighted by molar-refractivity contribution is 0.314. The van der Waals surface area contributed by atoms with Gasteiger partial charge in [-0.05, 0) is 42.9 Å². The van der Waals surface area contributed by atoms with Gasteiger partial charge in [-0.3, -0.25) is 0 Å². The number of fused-ring (bicyclic) bond motifs is 1. The molecule has 0 aromatic heterocycles. The van der Waals surface area contributed by atoms with Crippen LogP contribution in [0.2, 0.25) is 0 Å². The lowest BCUT2D eigenvalue weighted by Gasteiger charge is -2.09. The van der Waals surface area contributed by atoms with Crippen LogP contribution in [0, 0.1) is 0 Å². The molecule has 0 aliphatic heterocycles. The van der Waals surface area contributed by atoms with Crippen LogP contribution in [0.5, 0.6) is 5.75 Å². The van der Waals surface area contributed by atoms with Crippen LogP contribution < -0.4 is 4.74 Å². The molecule has 0 N–H and O–H groups in total. The Kier molecular flexibility index (Phi) is 2.53. The third-order valence-electron chi connectivity index (χ3n) is 2.56. The van der Waals surface area contributed by atoms with E-state index in [1.807, 2.05) is 0 Å². The molecule has 0 saturated carbocycles. The second kappa shape index (κ2) is 3.82. The van der Waals surface area contributed by atoms with Gasteiger partial charge in [-0.2, -0.15) is 0 Å². The van der Waals surface area contributed by atoms with Crippen molar-refractivity contribution in [1.29, 1.82) is 0 Å². The largest absolute Gasteiger partial charge is 0.493 e. The van der Waals surface area contributed by atoms with Crippen molar-refractivity contribution in [3.8, 4) is 5.75 Å². The summed E-state index contributed by atoms with van der Waals surface area (Å²) >= 11 is 0. The van der Waals surface area contributed by atoms with Crippen molar-refractivity contribution >= 4 is 0 Å². The van der Waals surface area contributed by atoms with E-state index < -0.39 is 0 Å². The molecule has 2 rings (SSSR count). The van der Waals surface area contributed by atoms with Crippen molar-refractivity contribution in [2.45, 2.75) is 32.6 Å². The number of hydrogen-bond acceptors (Lipinski definition) is 1. The summed E-state index contributed by atoms with van der Waals surface area (Å²) in [5.74, 6) is 1.12. The van der Waals surface area contributed by atoms with Gasteiger partial charge in [-0.25, -0.2) is 0 Å². The summed E-state index contributed by atoms with van der Waals surface area (Å²) in [6.07, 6.45) is 4.82. The quantitative estimate of drug-likeness (QED) is 0.688. The van der Waals surface area contributed by atoms with Gasteiger partial charge in [-0.1, -0.05) is 19.1 Å². The molecule has 0 radical (unpaired) electrons. The molecule has 1 heteroatoms. The Morgan fingerprint density at radius 1 is 1.31 bits per heavy atom. The van der Waals surface area contributed by atoms with Gasteiger partial charge in [0, 0.05) is 0 Å². The fraction of sp³-hybridized carbons (Fsp3) is 0.500. The Labute approximate surface area is 79.7 Å². The van der Waals surface area contributed by atoms with Gasteiger partial charge in [0.2, 0.25) is 0 Å². The van der Waals surface area contributed by atoms with Gasteiger partial charge in [0.1, 0.15) is 5.75 Å². The molecule has 0 amide bonds. The van der Waals surface area contributed by atoms with Gasteiger partial charge in [0.25, 0.3) is 0 Å². The van der Waals surface area contributed by atoms with Gasteiger partial charge in [0.15, 0.2) is 0 Å². The standard InChI is InChI=1S/C12H16O/c1-2-9-13-12-8-4-6-10-5-3-7-11(10)12/h4,6,8H,2-3,5,7,9H2,1H3. The van der Waals surface area contributed by atoms with E-state index >= 15 is 0 Å². The second-order valence-electron chi connectivity index (χ2n) is 3.60. The van der Waals surface area contributed by atoms with E-state index in [0.717, 1.165) is 18.8 Å². The average Bonchev–Trinajstić information content (AvgIpc) is 2.62. The van der Waals surface area contributed by atoms with Crippen molar-refractivity contribution in [1.82, 2.24) is 0 Å². The number of hydrogen-bond donors (Lipinski definition) is 0. The van der Waals surface area contributed by atoms with Crippen molar-refractivity contribution in [3.63, 3.8) is 0 Å². The minimum atomic E-state index is 0.844. The average molecular weight is 176 g/mol. The Morgan fingerprint density at radius 3 is 3.08 bits per heavy atom. The Hall–Kier alpha value is -0.980. The van der Waals surface area contributed by atoms with Crippen LogP contribution in [-0.2, 0) is 12.8 Å². The van der Waals surface area contributed by atoms with Crippen LogP contribution >= 0.6 is 0 Å². The first-order chi connectivity index (χ1) is 6.42. The van der Waals surface area contributed by atoms with Crippen LogP contribution in [0.25, 0.3) is 0 Å². The van der Waals surface area contributed by atoms with Gasteiger partial charge in [0.05, 0.1) is 6.61 Å². The maximum atomic E-state index is 5.70. The molecule has 0 fully saturated rings. The summed E-state index contributed by atoms with van der Waals surface area (Å²) in [4.78, 5) is 0. The molecule has 1 aliphatic rings. The summed E-state index contributed by atoms with van der Waals surface area (Å²) < 4.78 is 5.70. The van der Waals surface area contributed by atoms with E-state index in [0.29, 0.717) is 0 Å². The minimum Gasteiger partial charge on any atom is -0.493 e. The molecule has 1 aliphatic carbocycles. The lowest BCUT2D eigenvalue weighted by atomic mass is 10.1. The highest BCUT2D eigenvalue weighted by Gasteiger charge is 2.14. The summed E-state index contributed by atoms with van der Waals surface area (Å²) in [6, 6.07) is 6.43. The molecule has 0 bridgehead atoms. The highest BCUT2D eigenvalue weighted by Crippen LogP contribution is 2.30. The molecule has 0 atom stereocenters. The SMILES string of the molecule is CCCOc1cccc2c1CCC2. The zero-order valence-electron chi connectivity index (χ0n) is 8.18. The highest BCUT2D eigenvalue weighted by atomic mass is 16.5. The fourth-order valence-corrected chi connectivity index (χ4v) is 1.93. The van der Waals surface area contributed by atoms with Crippen LogP contribution in [0.15, 0.2) is 18.2 Å². The fourth-order valence-electron chi connectivity index (χ4n) is 1.93. The maximum Gasteiger partial charge on any atom is 0.122 e. The summed E-state index contributed by atoms with van der Waals surface area (Å²) in [7, 11) is 0. The predicted octanol–water partition coefficient (Wildman–Crippen LogP) is 2.96. The molecule has 0 saturated heterocycles. The first-order valence-electron chi connectivity index (χ1n) is 5.15. The molecule has 1 aromatic rings. The number of benzene rings is 1. The molecule has 13 heavy (non-hydrogen) atoms. The van der Waals surface area contributed by atoms with E-state index in [4.69, 9.17) is 4.74 Å². The third kappa shape index (κ3) is 1.69. The molecular weight excluding hydrogens is 160 g/mol. The summed E-state index contributed by atoms with van der Waals surface area (Å²) in [6.45, 7) is 2.99. The number of ether oxygens (including phenoxy) is 1. The smallest absolute Gasteiger partial charge is 0.122 e. The Balaban J connectivity index is 2.20. The molecular formula is C12H16O. The molecule has 1 nitrogen and oxygen atoms in total. The molecule has 70 valence electrons. The topological polar surface area (TPSA) is 9.23 Å². The van der Waals surface area contributed by atoms with Crippen molar-refractivity contribution in [2.75, 3.05) is 6.61 Å². The molecule has 0 spiro atoms. The Bertz CT molecular complexity index is 291. The van der Waals surface area contributed by atoms with E-state index in [2.05, 4.69) is 25.1 Å². The van der Waals surface area contributed by atoms with E-state index in [1.54, 1.807) is 0 Å². The van der Waals surface area contributed by atoms with E-state index in [1.165, 1.54) is 30.4 Å². The van der Waals surface area contributed by atoms with Gasteiger partial charge >= 0.3 is 0 Å². The zero-order valence-corrected chi connectivity index (χ0v) is 8.18. The van der Waals surface area contributed by atoms with Crippen molar-refractivity contribution in [2.24, 2.45) is 0 Å². The highest BCUT2D eigenvalue weighted by molar-refractivity contribution is 5.42. The molecule has 0 heterocycles. The minimum absolute atomic E-state index is 0.844. The molecule has 0 unspecified atom stereocenters. The normalized spacial score (nSPS) is 14.2. The van der Waals surface area contributed by atoms with Gasteiger partial charge in [-0.15, -0.1) is 0 Å². The molecule has 1 aromatic carbocycles. The summed E-state index contributed by atoms with van der Waals surface area (Å²) in [5.41, 5.74) is 2.95. The maximum absolute atomic E-state index is 5.70. The zero-order chi connectivity index (χ0) is 9.10. The predicted molar refractivity (Wildman–Crippen MR) is 54.3 cm³/mol. The van der Waals surface area contributed by atoms with Crippen LogP contribution in [0.4, 0.5) is 0 Å². The van der Waals surface area contributed by atoms with Crippen molar-refractivity contribution < 1.29 is 4.74 Å². The van der Waals surface area contributed by atoms with Crippen molar-refractivity contribution in [3.05, 3.63) is 29.3 Å².